The van der Waals surface area contributed by atoms with E-state index in [0.717, 1.165) is 6.08 Å². The van der Waals surface area contributed by atoms with Gasteiger partial charge in [-0.3, -0.25) is 4.79 Å². The number of ether oxygens (including phenoxy) is 2. The number of esters is 2. The fourth-order valence-corrected chi connectivity index (χ4v) is 0.666. The van der Waals surface area contributed by atoms with Gasteiger partial charge in [-0.2, -0.15) is 0 Å². The minimum Gasteiger partial charge on any atom is -0.478 e. The van der Waals surface area contributed by atoms with Crippen molar-refractivity contribution in [3.63, 3.8) is 0 Å². The zero-order valence-electron chi connectivity index (χ0n) is 9.30. The van der Waals surface area contributed by atoms with Crippen LogP contribution >= 0.6 is 0 Å². The number of carboxylic acids is 1. The first-order valence-electron chi connectivity index (χ1n) is 4.65. The Morgan fingerprint density at radius 3 is 2.06 bits per heavy atom. The largest absolute Gasteiger partial charge is 0.478 e. The zero-order valence-corrected chi connectivity index (χ0v) is 9.30. The Labute approximate surface area is 92.8 Å². The summed E-state index contributed by atoms with van der Waals surface area (Å²) in [6.07, 6.45) is 0.335. The molecule has 0 bridgehead atoms. The van der Waals surface area contributed by atoms with Crippen molar-refractivity contribution in [2.45, 2.75) is 27.1 Å². The fourth-order valence-electron chi connectivity index (χ4n) is 0.666. The molecule has 0 rings (SSSR count). The van der Waals surface area contributed by atoms with E-state index < -0.39 is 24.2 Å². The van der Waals surface area contributed by atoms with Crippen LogP contribution in [-0.4, -0.2) is 29.3 Å². The van der Waals surface area contributed by atoms with Gasteiger partial charge < -0.3 is 14.6 Å². The van der Waals surface area contributed by atoms with Crippen LogP contribution < -0.4 is 0 Å². The van der Waals surface area contributed by atoms with Gasteiger partial charge in [-0.15, -0.1) is 0 Å². The van der Waals surface area contributed by atoms with Gasteiger partial charge in [0.05, 0.1) is 5.92 Å². The summed E-state index contributed by atoms with van der Waals surface area (Å²) in [5.74, 6) is -2.96. The van der Waals surface area contributed by atoms with Gasteiger partial charge in [0.15, 0.2) is 0 Å². The van der Waals surface area contributed by atoms with Crippen molar-refractivity contribution in [3.8, 4) is 0 Å². The molecule has 0 fully saturated rings. The van der Waals surface area contributed by atoms with E-state index in [1.165, 1.54) is 6.92 Å². The molecule has 1 unspecified atom stereocenters. The normalized spacial score (nSPS) is 12.5. The first-order chi connectivity index (χ1) is 7.32. The van der Waals surface area contributed by atoms with Crippen LogP contribution in [0.2, 0.25) is 0 Å². The average molecular weight is 230 g/mol. The Balaban J connectivity index is 4.05. The topological polar surface area (TPSA) is 89.9 Å². The van der Waals surface area contributed by atoms with Crippen molar-refractivity contribution in [1.82, 2.24) is 0 Å². The highest BCUT2D eigenvalue weighted by Crippen LogP contribution is 2.02. The lowest BCUT2D eigenvalue weighted by Crippen LogP contribution is -2.23. The van der Waals surface area contributed by atoms with Crippen molar-refractivity contribution >= 4 is 17.9 Å². The van der Waals surface area contributed by atoms with Gasteiger partial charge in [0.1, 0.15) is 0 Å². The first kappa shape index (κ1) is 14.2. The number of carboxylic acid groups (broad SMARTS) is 1. The summed E-state index contributed by atoms with van der Waals surface area (Å²) in [7, 11) is 0. The van der Waals surface area contributed by atoms with E-state index in [1.54, 1.807) is 13.8 Å². The Morgan fingerprint density at radius 2 is 1.62 bits per heavy atom. The number of rotatable bonds is 5. The highest BCUT2D eigenvalue weighted by molar-refractivity contribution is 5.90. The van der Waals surface area contributed by atoms with Crippen LogP contribution in [0.4, 0.5) is 0 Å². The standard InChI is InChI=1S/C10H14O6/c1-6(2)10(14)16-7(3)15-9(13)5-4-8(11)12/h4-7H,1-3H3,(H,11,12)/b5-4+. The van der Waals surface area contributed by atoms with E-state index in [1.807, 2.05) is 0 Å². The van der Waals surface area contributed by atoms with Crippen LogP contribution in [0.1, 0.15) is 20.8 Å². The second-order valence-electron chi connectivity index (χ2n) is 3.27. The summed E-state index contributed by atoms with van der Waals surface area (Å²) >= 11 is 0. The maximum atomic E-state index is 11.1. The molecule has 6 nitrogen and oxygen atoms in total. The summed E-state index contributed by atoms with van der Waals surface area (Å²) < 4.78 is 9.32. The fraction of sp³-hybridized carbons (Fsp3) is 0.500. The molecule has 0 spiro atoms. The molecule has 0 aromatic heterocycles. The van der Waals surface area contributed by atoms with Gasteiger partial charge in [0.25, 0.3) is 0 Å². The number of aliphatic carboxylic acids is 1. The predicted molar refractivity (Wildman–Crippen MR) is 53.3 cm³/mol. The lowest BCUT2D eigenvalue weighted by atomic mass is 10.2. The molecular weight excluding hydrogens is 216 g/mol. The molecule has 0 aliphatic rings. The lowest BCUT2D eigenvalue weighted by Gasteiger charge is -2.14. The van der Waals surface area contributed by atoms with Gasteiger partial charge in [-0.05, 0) is 0 Å². The van der Waals surface area contributed by atoms with Crippen LogP contribution in [0.25, 0.3) is 0 Å². The third-order valence-electron chi connectivity index (χ3n) is 1.40. The molecule has 1 atom stereocenters. The van der Waals surface area contributed by atoms with Gasteiger partial charge in [0, 0.05) is 19.1 Å². The number of hydrogen-bond acceptors (Lipinski definition) is 5. The van der Waals surface area contributed by atoms with Gasteiger partial charge >= 0.3 is 17.9 Å². The minimum absolute atomic E-state index is 0.323. The van der Waals surface area contributed by atoms with Crippen molar-refractivity contribution in [2.75, 3.05) is 0 Å². The molecule has 0 aromatic rings. The average Bonchev–Trinajstić information content (AvgIpc) is 2.14. The molecule has 0 radical (unpaired) electrons. The van der Waals surface area contributed by atoms with Crippen molar-refractivity contribution in [1.29, 1.82) is 0 Å². The smallest absolute Gasteiger partial charge is 0.334 e. The second-order valence-corrected chi connectivity index (χ2v) is 3.27. The number of carbonyl (C=O) groups excluding carboxylic acids is 2. The highest BCUT2D eigenvalue weighted by Gasteiger charge is 2.15. The molecule has 0 heterocycles. The van der Waals surface area contributed by atoms with Crippen molar-refractivity contribution in [3.05, 3.63) is 12.2 Å². The number of carbonyl (C=O) groups is 3. The summed E-state index contributed by atoms with van der Waals surface area (Å²) in [4.78, 5) is 32.1. The van der Waals surface area contributed by atoms with E-state index in [9.17, 15) is 14.4 Å². The van der Waals surface area contributed by atoms with Crippen molar-refractivity contribution in [2.24, 2.45) is 5.92 Å². The van der Waals surface area contributed by atoms with E-state index in [4.69, 9.17) is 9.84 Å². The summed E-state index contributed by atoms with van der Waals surface area (Å²) in [5.41, 5.74) is 0. The molecule has 16 heavy (non-hydrogen) atoms. The van der Waals surface area contributed by atoms with E-state index in [2.05, 4.69) is 4.74 Å². The molecule has 0 amide bonds. The molecule has 1 N–H and O–H groups in total. The Bertz CT molecular complexity index is 304. The lowest BCUT2D eigenvalue weighted by molar-refractivity contribution is -0.183. The Hall–Kier alpha value is -1.85. The van der Waals surface area contributed by atoms with Gasteiger partial charge in [-0.1, -0.05) is 13.8 Å². The van der Waals surface area contributed by atoms with Crippen LogP contribution in [0, 0.1) is 5.92 Å². The third kappa shape index (κ3) is 6.58. The molecular formula is C10H14O6. The van der Waals surface area contributed by atoms with Crippen LogP contribution in [-0.2, 0) is 23.9 Å². The summed E-state index contributed by atoms with van der Waals surface area (Å²) in [5, 5.41) is 8.23. The maximum absolute atomic E-state index is 11.1. The monoisotopic (exact) mass is 230 g/mol. The summed E-state index contributed by atoms with van der Waals surface area (Å²) in [6.45, 7) is 4.65. The van der Waals surface area contributed by atoms with E-state index >= 15 is 0 Å². The molecule has 6 heteroatoms. The first-order valence-corrected chi connectivity index (χ1v) is 4.65. The molecule has 0 saturated heterocycles. The molecule has 0 aliphatic carbocycles. The van der Waals surface area contributed by atoms with E-state index in [-0.39, 0.29) is 5.92 Å². The number of hydrogen-bond donors (Lipinski definition) is 1. The van der Waals surface area contributed by atoms with Crippen LogP contribution in [0.15, 0.2) is 12.2 Å². The molecule has 0 saturated carbocycles. The highest BCUT2D eigenvalue weighted by atomic mass is 16.7. The van der Waals surface area contributed by atoms with E-state index in [0.29, 0.717) is 6.08 Å². The predicted octanol–water partition coefficient (Wildman–Crippen LogP) is 0.716. The molecule has 0 aromatic carbocycles. The minimum atomic E-state index is -1.26. The van der Waals surface area contributed by atoms with Gasteiger partial charge in [0.2, 0.25) is 6.29 Å². The molecule has 0 aliphatic heterocycles. The Morgan fingerprint density at radius 1 is 1.06 bits per heavy atom. The quantitative estimate of drug-likeness (QED) is 0.425. The van der Waals surface area contributed by atoms with Crippen LogP contribution in [0.5, 0.6) is 0 Å². The third-order valence-corrected chi connectivity index (χ3v) is 1.40. The Kier molecular flexibility index (Phi) is 5.84. The van der Waals surface area contributed by atoms with Crippen LogP contribution in [0.3, 0.4) is 0 Å². The summed E-state index contributed by atoms with van der Waals surface area (Å²) in [6, 6.07) is 0. The SMILES string of the molecule is CC(OC(=O)/C=C/C(=O)O)OC(=O)C(C)C. The maximum Gasteiger partial charge on any atom is 0.334 e. The van der Waals surface area contributed by atoms with Gasteiger partial charge in [-0.25, -0.2) is 9.59 Å². The second kappa shape index (κ2) is 6.60. The zero-order chi connectivity index (χ0) is 12.7. The van der Waals surface area contributed by atoms with Crippen molar-refractivity contribution < 1.29 is 29.0 Å². The molecule has 90 valence electrons.